The van der Waals surface area contributed by atoms with Gasteiger partial charge in [-0.25, -0.2) is 0 Å². The van der Waals surface area contributed by atoms with Crippen molar-refractivity contribution in [3.05, 3.63) is 76.3 Å². The number of hydrogen-bond acceptors (Lipinski definition) is 0. The average molecular weight is 350 g/mol. The molecule has 0 radical (unpaired) electrons. The van der Waals surface area contributed by atoms with Crippen molar-refractivity contribution in [1.82, 2.24) is 4.57 Å². The van der Waals surface area contributed by atoms with Crippen LogP contribution < -0.4 is 0 Å². The molecule has 2 heteroatoms. The van der Waals surface area contributed by atoms with Crippen molar-refractivity contribution < 1.29 is 0 Å². The Balaban J connectivity index is 2.28. The predicted molar refractivity (Wildman–Crippen MR) is 98.0 cm³/mol. The maximum Gasteiger partial charge on any atom is 0.0547 e. The number of rotatable bonds is 1. The van der Waals surface area contributed by atoms with Gasteiger partial charge in [-0.05, 0) is 49.2 Å². The molecule has 1 heterocycles. The second-order valence-corrected chi connectivity index (χ2v) is 6.51. The summed E-state index contributed by atoms with van der Waals surface area (Å²) in [5.74, 6) is 0. The maximum atomic E-state index is 3.74. The molecule has 0 bridgehead atoms. The van der Waals surface area contributed by atoms with Crippen LogP contribution in [0.5, 0.6) is 0 Å². The molecule has 0 N–H and O–H groups in total. The molecule has 108 valence electrons. The van der Waals surface area contributed by atoms with Gasteiger partial charge in [0.1, 0.15) is 0 Å². The molecular formula is C20H16BrN. The average Bonchev–Trinajstić information content (AvgIpc) is 2.87. The molecule has 0 saturated carbocycles. The first-order valence-corrected chi connectivity index (χ1v) is 8.22. The highest BCUT2D eigenvalue weighted by Gasteiger charge is 2.16. The lowest BCUT2D eigenvalue weighted by Gasteiger charge is -2.10. The third kappa shape index (κ3) is 1.84. The van der Waals surface area contributed by atoms with Crippen LogP contribution in [0.3, 0.4) is 0 Å². The van der Waals surface area contributed by atoms with Gasteiger partial charge in [0.15, 0.2) is 0 Å². The summed E-state index contributed by atoms with van der Waals surface area (Å²) in [6.07, 6.45) is 0. The van der Waals surface area contributed by atoms with E-state index >= 15 is 0 Å². The highest BCUT2D eigenvalue weighted by atomic mass is 79.9. The third-order valence-corrected chi connectivity index (χ3v) is 5.55. The smallest absolute Gasteiger partial charge is 0.0547 e. The molecule has 0 spiro atoms. The number of aromatic nitrogens is 1. The summed E-state index contributed by atoms with van der Waals surface area (Å²) in [6, 6.07) is 21.5. The molecule has 1 aromatic heterocycles. The fraction of sp³-hybridized carbons (Fsp3) is 0.100. The minimum Gasteiger partial charge on any atom is -0.309 e. The number of fused-ring (bicyclic) bond motifs is 3. The SMILES string of the molecule is Cc1cc2c(c(C)c1Br)c1ccccc1n2-c1ccccc1. The summed E-state index contributed by atoms with van der Waals surface area (Å²) in [4.78, 5) is 0. The number of hydrogen-bond donors (Lipinski definition) is 0. The maximum absolute atomic E-state index is 3.74. The van der Waals surface area contributed by atoms with Crippen molar-refractivity contribution in [2.75, 3.05) is 0 Å². The summed E-state index contributed by atoms with van der Waals surface area (Å²) in [6.45, 7) is 4.35. The predicted octanol–water partition coefficient (Wildman–Crippen LogP) is 6.16. The van der Waals surface area contributed by atoms with E-state index in [-0.39, 0.29) is 0 Å². The Labute approximate surface area is 138 Å². The highest BCUT2D eigenvalue weighted by Crippen LogP contribution is 2.38. The van der Waals surface area contributed by atoms with E-state index in [9.17, 15) is 0 Å². The minimum absolute atomic E-state index is 1.20. The molecule has 0 saturated heterocycles. The van der Waals surface area contributed by atoms with Gasteiger partial charge in [-0.1, -0.05) is 52.3 Å². The highest BCUT2D eigenvalue weighted by molar-refractivity contribution is 9.10. The Morgan fingerprint density at radius 2 is 1.50 bits per heavy atom. The second-order valence-electron chi connectivity index (χ2n) is 5.71. The van der Waals surface area contributed by atoms with Gasteiger partial charge < -0.3 is 4.57 Å². The molecule has 4 aromatic rings. The van der Waals surface area contributed by atoms with Crippen molar-refractivity contribution >= 4 is 37.7 Å². The Bertz CT molecular complexity index is 997. The van der Waals surface area contributed by atoms with Crippen LogP contribution in [0, 0.1) is 13.8 Å². The number of benzene rings is 3. The first kappa shape index (κ1) is 13.6. The number of para-hydroxylation sites is 2. The fourth-order valence-electron chi connectivity index (χ4n) is 3.32. The summed E-state index contributed by atoms with van der Waals surface area (Å²) >= 11 is 3.74. The normalized spacial score (nSPS) is 11.4. The lowest BCUT2D eigenvalue weighted by Crippen LogP contribution is -1.94. The van der Waals surface area contributed by atoms with E-state index in [1.807, 2.05) is 0 Å². The van der Waals surface area contributed by atoms with Gasteiger partial charge in [0.25, 0.3) is 0 Å². The lowest BCUT2D eigenvalue weighted by atomic mass is 10.0. The van der Waals surface area contributed by atoms with Crippen molar-refractivity contribution in [2.45, 2.75) is 13.8 Å². The van der Waals surface area contributed by atoms with Gasteiger partial charge in [0, 0.05) is 20.9 Å². The molecule has 0 aliphatic heterocycles. The van der Waals surface area contributed by atoms with E-state index in [0.29, 0.717) is 0 Å². The number of nitrogens with zero attached hydrogens (tertiary/aromatic N) is 1. The van der Waals surface area contributed by atoms with E-state index < -0.39 is 0 Å². The van der Waals surface area contributed by atoms with Crippen molar-refractivity contribution in [3.8, 4) is 5.69 Å². The molecule has 0 fully saturated rings. The Morgan fingerprint density at radius 1 is 0.818 bits per heavy atom. The van der Waals surface area contributed by atoms with E-state index in [4.69, 9.17) is 0 Å². The molecule has 3 aromatic carbocycles. The first-order chi connectivity index (χ1) is 10.7. The van der Waals surface area contributed by atoms with Crippen LogP contribution in [0.25, 0.3) is 27.5 Å². The molecule has 22 heavy (non-hydrogen) atoms. The van der Waals surface area contributed by atoms with Gasteiger partial charge in [-0.3, -0.25) is 0 Å². The van der Waals surface area contributed by atoms with Crippen molar-refractivity contribution in [3.63, 3.8) is 0 Å². The van der Waals surface area contributed by atoms with Crippen LogP contribution in [0.2, 0.25) is 0 Å². The third-order valence-electron chi connectivity index (χ3n) is 4.33. The zero-order chi connectivity index (χ0) is 15.3. The van der Waals surface area contributed by atoms with Gasteiger partial charge in [-0.15, -0.1) is 0 Å². The number of aryl methyl sites for hydroxylation is 2. The molecule has 0 amide bonds. The standard InChI is InChI=1S/C20H16BrN/c1-13-12-18-19(14(2)20(13)21)16-10-6-7-11-17(16)22(18)15-8-4-3-5-9-15/h3-12H,1-2H3. The summed E-state index contributed by atoms with van der Waals surface area (Å²) in [5.41, 5.74) is 6.30. The van der Waals surface area contributed by atoms with Crippen LogP contribution in [0.1, 0.15) is 11.1 Å². The monoisotopic (exact) mass is 349 g/mol. The fourth-order valence-corrected chi connectivity index (χ4v) is 3.63. The van der Waals surface area contributed by atoms with Gasteiger partial charge in [0.2, 0.25) is 0 Å². The Kier molecular flexibility index (Phi) is 3.08. The van der Waals surface area contributed by atoms with Crippen LogP contribution in [-0.4, -0.2) is 4.57 Å². The van der Waals surface area contributed by atoms with Crippen LogP contribution in [0.15, 0.2) is 65.1 Å². The summed E-state index contributed by atoms with van der Waals surface area (Å²) in [5, 5.41) is 2.64. The number of halogens is 1. The molecule has 0 aliphatic carbocycles. The zero-order valence-electron chi connectivity index (χ0n) is 12.6. The van der Waals surface area contributed by atoms with E-state index in [2.05, 4.69) is 95.0 Å². The molecule has 0 atom stereocenters. The van der Waals surface area contributed by atoms with Gasteiger partial charge >= 0.3 is 0 Å². The first-order valence-electron chi connectivity index (χ1n) is 7.43. The summed E-state index contributed by atoms with van der Waals surface area (Å²) in [7, 11) is 0. The van der Waals surface area contributed by atoms with Gasteiger partial charge in [-0.2, -0.15) is 0 Å². The molecule has 0 aliphatic rings. The summed E-state index contributed by atoms with van der Waals surface area (Å²) < 4.78 is 3.56. The Morgan fingerprint density at radius 3 is 2.27 bits per heavy atom. The Hall–Kier alpha value is -2.06. The largest absolute Gasteiger partial charge is 0.309 e. The van der Waals surface area contributed by atoms with E-state index in [0.717, 1.165) is 0 Å². The zero-order valence-corrected chi connectivity index (χ0v) is 14.2. The quantitative estimate of drug-likeness (QED) is 0.387. The second kappa shape index (κ2) is 4.99. The van der Waals surface area contributed by atoms with E-state index in [1.54, 1.807) is 0 Å². The molecule has 4 rings (SSSR count). The molecular weight excluding hydrogens is 334 g/mol. The van der Waals surface area contributed by atoms with Crippen molar-refractivity contribution in [2.24, 2.45) is 0 Å². The van der Waals surface area contributed by atoms with Gasteiger partial charge in [0.05, 0.1) is 11.0 Å². The van der Waals surface area contributed by atoms with Crippen LogP contribution in [-0.2, 0) is 0 Å². The van der Waals surface area contributed by atoms with E-state index in [1.165, 1.54) is 43.1 Å². The topological polar surface area (TPSA) is 4.93 Å². The lowest BCUT2D eigenvalue weighted by molar-refractivity contribution is 1.17. The molecule has 1 nitrogen and oxygen atoms in total. The van der Waals surface area contributed by atoms with Crippen molar-refractivity contribution in [1.29, 1.82) is 0 Å². The van der Waals surface area contributed by atoms with Crippen LogP contribution in [0.4, 0.5) is 0 Å². The van der Waals surface area contributed by atoms with Crippen LogP contribution >= 0.6 is 15.9 Å². The minimum atomic E-state index is 1.20. The molecule has 0 unspecified atom stereocenters.